The molecule has 12 heteroatoms. The van der Waals surface area contributed by atoms with Crippen LogP contribution < -0.4 is 15.1 Å². The SMILES string of the molecule is Cc1c(-c2ccc(F)cc2)nnc(N2CCC(CNC(=O)c3sc(N4CCCC4)nc3C(F)(F)F)CC2)c1C. The van der Waals surface area contributed by atoms with Gasteiger partial charge in [-0.15, -0.1) is 10.2 Å². The van der Waals surface area contributed by atoms with Gasteiger partial charge in [0.25, 0.3) is 5.91 Å². The maximum Gasteiger partial charge on any atom is 0.435 e. The number of amides is 1. The zero-order valence-electron chi connectivity index (χ0n) is 21.8. The number of nitrogens with zero attached hydrogens (tertiary/aromatic N) is 5. The molecule has 5 rings (SSSR count). The van der Waals surface area contributed by atoms with Gasteiger partial charge in [-0.3, -0.25) is 4.79 Å². The highest BCUT2D eigenvalue weighted by Gasteiger charge is 2.40. The molecule has 1 aromatic carbocycles. The number of alkyl halides is 3. The van der Waals surface area contributed by atoms with Crippen molar-refractivity contribution in [1.29, 1.82) is 0 Å². The van der Waals surface area contributed by atoms with Crippen molar-refractivity contribution in [1.82, 2.24) is 20.5 Å². The fraction of sp³-hybridized carbons (Fsp3) is 0.481. The van der Waals surface area contributed by atoms with Crippen LogP contribution in [0, 0.1) is 25.6 Å². The van der Waals surface area contributed by atoms with Crippen LogP contribution >= 0.6 is 11.3 Å². The molecule has 3 aromatic rings. The van der Waals surface area contributed by atoms with Crippen LogP contribution in [0.4, 0.5) is 28.5 Å². The number of anilines is 2. The van der Waals surface area contributed by atoms with Crippen LogP contribution in [0.3, 0.4) is 0 Å². The highest BCUT2D eigenvalue weighted by atomic mass is 32.1. The van der Waals surface area contributed by atoms with Crippen molar-refractivity contribution in [2.45, 2.75) is 45.7 Å². The molecule has 2 aliphatic rings. The minimum Gasteiger partial charge on any atom is -0.355 e. The van der Waals surface area contributed by atoms with E-state index < -0.39 is 17.8 Å². The molecule has 4 heterocycles. The number of thiazole rings is 1. The number of hydrogen-bond acceptors (Lipinski definition) is 7. The van der Waals surface area contributed by atoms with Gasteiger partial charge in [0.05, 0.1) is 5.69 Å². The van der Waals surface area contributed by atoms with Crippen molar-refractivity contribution in [3.8, 4) is 11.3 Å². The van der Waals surface area contributed by atoms with Crippen LogP contribution in [0.25, 0.3) is 11.3 Å². The second-order valence-electron chi connectivity index (χ2n) is 10.1. The Morgan fingerprint density at radius 1 is 1.00 bits per heavy atom. The number of carbonyl (C=O) groups is 1. The zero-order valence-corrected chi connectivity index (χ0v) is 22.6. The van der Waals surface area contributed by atoms with E-state index in [9.17, 15) is 22.4 Å². The third kappa shape index (κ3) is 5.85. The molecule has 1 amide bonds. The normalized spacial score (nSPS) is 16.7. The number of benzene rings is 1. The maximum atomic E-state index is 13.6. The number of piperidine rings is 1. The monoisotopic (exact) mass is 562 g/mol. The summed E-state index contributed by atoms with van der Waals surface area (Å²) in [7, 11) is 0. The molecule has 0 atom stereocenters. The van der Waals surface area contributed by atoms with Crippen molar-refractivity contribution in [3.63, 3.8) is 0 Å². The fourth-order valence-corrected chi connectivity index (χ4v) is 6.19. The third-order valence-corrected chi connectivity index (χ3v) is 8.66. The lowest BCUT2D eigenvalue weighted by atomic mass is 9.96. The lowest BCUT2D eigenvalue weighted by Gasteiger charge is -2.33. The quantitative estimate of drug-likeness (QED) is 0.393. The van der Waals surface area contributed by atoms with Gasteiger partial charge in [0.15, 0.2) is 16.6 Å². The fourth-order valence-electron chi connectivity index (χ4n) is 5.14. The molecule has 2 aliphatic heterocycles. The Bertz CT molecular complexity index is 1330. The van der Waals surface area contributed by atoms with Gasteiger partial charge in [0.2, 0.25) is 0 Å². The standard InChI is InChI=1S/C27H30F4N6OS/c1-16-17(2)24(35-34-21(16)19-5-7-20(28)8-6-19)36-13-9-18(10-14-36)15-32-25(38)22-23(27(29,30)31)33-26(39-22)37-11-3-4-12-37/h5-8,18H,3-4,9-15H2,1-2H3,(H,32,38). The first-order chi connectivity index (χ1) is 18.6. The smallest absolute Gasteiger partial charge is 0.355 e. The molecule has 2 saturated heterocycles. The summed E-state index contributed by atoms with van der Waals surface area (Å²) in [4.78, 5) is 20.2. The van der Waals surface area contributed by atoms with Crippen LogP contribution in [0.15, 0.2) is 24.3 Å². The Labute approximate surface area is 228 Å². The topological polar surface area (TPSA) is 74.2 Å². The Balaban J connectivity index is 1.20. The van der Waals surface area contributed by atoms with E-state index in [0.29, 0.717) is 38.4 Å². The largest absolute Gasteiger partial charge is 0.435 e. The van der Waals surface area contributed by atoms with Gasteiger partial charge in [-0.1, -0.05) is 11.3 Å². The molecular formula is C27H30F4N6OS. The highest BCUT2D eigenvalue weighted by molar-refractivity contribution is 7.17. The highest BCUT2D eigenvalue weighted by Crippen LogP contribution is 2.38. The minimum absolute atomic E-state index is 0.137. The lowest BCUT2D eigenvalue weighted by Crippen LogP contribution is -2.39. The van der Waals surface area contributed by atoms with Crippen molar-refractivity contribution in [3.05, 3.63) is 51.8 Å². The Morgan fingerprint density at radius 3 is 2.31 bits per heavy atom. The summed E-state index contributed by atoms with van der Waals surface area (Å²) in [6, 6.07) is 6.16. The van der Waals surface area contributed by atoms with Gasteiger partial charge in [-0.25, -0.2) is 9.37 Å². The van der Waals surface area contributed by atoms with Gasteiger partial charge >= 0.3 is 6.18 Å². The van der Waals surface area contributed by atoms with Crippen LogP contribution in [-0.4, -0.2) is 53.8 Å². The van der Waals surface area contributed by atoms with E-state index in [0.717, 1.165) is 59.5 Å². The first kappa shape index (κ1) is 27.3. The van der Waals surface area contributed by atoms with E-state index in [1.54, 1.807) is 12.1 Å². The Hall–Kier alpha value is -3.28. The number of hydrogen-bond donors (Lipinski definition) is 1. The summed E-state index contributed by atoms with van der Waals surface area (Å²) in [6.07, 6.45) is -1.35. The molecule has 0 spiro atoms. The average Bonchev–Trinajstić information content (AvgIpc) is 3.60. The number of aromatic nitrogens is 3. The summed E-state index contributed by atoms with van der Waals surface area (Å²) in [5.41, 5.74) is 2.38. The summed E-state index contributed by atoms with van der Waals surface area (Å²) in [5.74, 6) is -0.106. The molecular weight excluding hydrogens is 532 g/mol. The van der Waals surface area contributed by atoms with Gasteiger partial charge in [0, 0.05) is 38.3 Å². The maximum absolute atomic E-state index is 13.6. The summed E-state index contributed by atoms with van der Waals surface area (Å²) in [5, 5.41) is 11.9. The second kappa shape index (κ2) is 11.1. The van der Waals surface area contributed by atoms with E-state index in [2.05, 4.69) is 25.4 Å². The van der Waals surface area contributed by atoms with E-state index in [1.165, 1.54) is 12.1 Å². The predicted molar refractivity (Wildman–Crippen MR) is 143 cm³/mol. The van der Waals surface area contributed by atoms with E-state index in [1.807, 2.05) is 18.7 Å². The van der Waals surface area contributed by atoms with Gasteiger partial charge < -0.3 is 15.1 Å². The zero-order chi connectivity index (χ0) is 27.7. The predicted octanol–water partition coefficient (Wildman–Crippen LogP) is 5.62. The molecule has 2 fully saturated rings. The molecule has 208 valence electrons. The molecule has 2 aromatic heterocycles. The second-order valence-corrected chi connectivity index (χ2v) is 11.1. The molecule has 7 nitrogen and oxygen atoms in total. The van der Waals surface area contributed by atoms with Gasteiger partial charge in [-0.05, 0) is 80.8 Å². The summed E-state index contributed by atoms with van der Waals surface area (Å²) >= 11 is 0.820. The average molecular weight is 563 g/mol. The first-order valence-corrected chi connectivity index (χ1v) is 13.9. The third-order valence-electron chi connectivity index (χ3n) is 7.55. The van der Waals surface area contributed by atoms with E-state index >= 15 is 0 Å². The molecule has 0 unspecified atom stereocenters. The summed E-state index contributed by atoms with van der Waals surface area (Å²) in [6.45, 7) is 6.96. The molecule has 1 N–H and O–H groups in total. The van der Waals surface area contributed by atoms with Gasteiger partial charge in [-0.2, -0.15) is 13.2 Å². The minimum atomic E-state index is -4.68. The molecule has 0 radical (unpaired) electrons. The van der Waals surface area contributed by atoms with Crippen molar-refractivity contribution in [2.24, 2.45) is 5.92 Å². The molecule has 0 bridgehead atoms. The van der Waals surface area contributed by atoms with Crippen LogP contribution in [0.2, 0.25) is 0 Å². The van der Waals surface area contributed by atoms with Gasteiger partial charge in [0.1, 0.15) is 10.7 Å². The van der Waals surface area contributed by atoms with Crippen molar-refractivity contribution >= 4 is 28.2 Å². The van der Waals surface area contributed by atoms with E-state index in [-0.39, 0.29) is 21.7 Å². The van der Waals surface area contributed by atoms with Crippen LogP contribution in [0.1, 0.15) is 52.2 Å². The van der Waals surface area contributed by atoms with E-state index in [4.69, 9.17) is 0 Å². The number of carbonyl (C=O) groups excluding carboxylic acids is 1. The van der Waals surface area contributed by atoms with Crippen LogP contribution in [0.5, 0.6) is 0 Å². The molecule has 0 aliphatic carbocycles. The molecule has 0 saturated carbocycles. The number of halogens is 4. The first-order valence-electron chi connectivity index (χ1n) is 13.1. The van der Waals surface area contributed by atoms with Crippen LogP contribution in [-0.2, 0) is 6.18 Å². The number of nitrogens with one attached hydrogen (secondary N) is 1. The van der Waals surface area contributed by atoms with Crippen molar-refractivity contribution in [2.75, 3.05) is 42.5 Å². The lowest BCUT2D eigenvalue weighted by molar-refractivity contribution is -0.141. The Morgan fingerprint density at radius 2 is 1.67 bits per heavy atom. The van der Waals surface area contributed by atoms with Crippen molar-refractivity contribution < 1.29 is 22.4 Å². The summed E-state index contributed by atoms with van der Waals surface area (Å²) < 4.78 is 54.2. The molecule has 39 heavy (non-hydrogen) atoms. The number of rotatable bonds is 6. The Kier molecular flexibility index (Phi) is 7.75.